The van der Waals surface area contributed by atoms with Crippen LogP contribution in [0.5, 0.6) is 0 Å². The molecule has 0 radical (unpaired) electrons. The van der Waals surface area contributed by atoms with Crippen molar-refractivity contribution in [3.63, 3.8) is 0 Å². The fraction of sp³-hybridized carbons (Fsp3) is 0.478. The van der Waals surface area contributed by atoms with E-state index in [9.17, 15) is 18.0 Å². The van der Waals surface area contributed by atoms with E-state index >= 15 is 0 Å². The van der Waals surface area contributed by atoms with Crippen LogP contribution >= 0.6 is 0 Å². The molecule has 0 saturated carbocycles. The minimum absolute atomic E-state index is 0.0172. The molecule has 1 N–H and O–H groups in total. The van der Waals surface area contributed by atoms with Crippen molar-refractivity contribution in [2.75, 3.05) is 26.2 Å². The third-order valence-corrected chi connectivity index (χ3v) is 7.26. The van der Waals surface area contributed by atoms with Gasteiger partial charge in [0, 0.05) is 32.9 Å². The lowest BCUT2D eigenvalue weighted by Crippen LogP contribution is -2.30. The van der Waals surface area contributed by atoms with E-state index in [1.54, 1.807) is 20.9 Å². The van der Waals surface area contributed by atoms with Crippen LogP contribution in [0.1, 0.15) is 55.2 Å². The van der Waals surface area contributed by atoms with Gasteiger partial charge in [-0.25, -0.2) is 13.2 Å². The van der Waals surface area contributed by atoms with Crippen LogP contribution in [0.4, 0.5) is 0 Å². The number of carbonyl (C=O) groups excluding carboxylic acids is 2. The lowest BCUT2D eigenvalue weighted by Gasteiger charge is -2.17. The van der Waals surface area contributed by atoms with E-state index in [4.69, 9.17) is 4.74 Å². The summed E-state index contributed by atoms with van der Waals surface area (Å²) in [6.07, 6.45) is 2.04. The highest BCUT2D eigenvalue weighted by molar-refractivity contribution is 7.89. The standard InChI is InChI=1S/C23H33N3O5S/c1-6-26(7-2)32(29,30)20-14-21(25(5)15-20)23(28)31-16-22(27)24-13-12-18-8-10-19(11-9-18)17(3)4/h8-11,14-15,17H,6-7,12-13,16H2,1-5H3,(H,24,27). The summed E-state index contributed by atoms with van der Waals surface area (Å²) in [4.78, 5) is 24.4. The zero-order valence-electron chi connectivity index (χ0n) is 19.4. The van der Waals surface area contributed by atoms with E-state index in [-0.39, 0.29) is 10.6 Å². The minimum Gasteiger partial charge on any atom is -0.451 e. The number of aromatic nitrogens is 1. The maximum atomic E-state index is 12.6. The molecule has 0 fully saturated rings. The average molecular weight is 464 g/mol. The number of hydrogen-bond donors (Lipinski definition) is 1. The molecule has 8 nitrogen and oxygen atoms in total. The second kappa shape index (κ2) is 11.3. The van der Waals surface area contributed by atoms with E-state index in [0.717, 1.165) is 5.56 Å². The molecular formula is C23H33N3O5S. The number of ether oxygens (including phenoxy) is 1. The monoisotopic (exact) mass is 463 g/mol. The largest absolute Gasteiger partial charge is 0.451 e. The molecule has 0 bridgehead atoms. The Labute approximate surface area is 190 Å². The Morgan fingerprint density at radius 1 is 1.12 bits per heavy atom. The fourth-order valence-corrected chi connectivity index (χ4v) is 4.79. The first kappa shape index (κ1) is 25.6. The number of benzene rings is 1. The third-order valence-electron chi connectivity index (χ3n) is 5.25. The van der Waals surface area contributed by atoms with Gasteiger partial charge in [-0.15, -0.1) is 0 Å². The van der Waals surface area contributed by atoms with Crippen LogP contribution in [-0.2, 0) is 33.0 Å². The van der Waals surface area contributed by atoms with Crippen molar-refractivity contribution in [3.05, 3.63) is 53.3 Å². The molecule has 2 rings (SSSR count). The molecule has 0 aliphatic carbocycles. The molecule has 2 aromatic rings. The Hall–Kier alpha value is -2.65. The van der Waals surface area contributed by atoms with Gasteiger partial charge < -0.3 is 14.6 Å². The van der Waals surface area contributed by atoms with Crippen LogP contribution in [0.25, 0.3) is 0 Å². The summed E-state index contributed by atoms with van der Waals surface area (Å²) in [5.41, 5.74) is 2.43. The Morgan fingerprint density at radius 3 is 2.31 bits per heavy atom. The van der Waals surface area contributed by atoms with Gasteiger partial charge in [0.25, 0.3) is 5.91 Å². The van der Waals surface area contributed by atoms with Gasteiger partial charge in [0.05, 0.1) is 0 Å². The topological polar surface area (TPSA) is 97.7 Å². The number of hydrogen-bond acceptors (Lipinski definition) is 5. The predicted octanol–water partition coefficient (Wildman–Crippen LogP) is 2.69. The van der Waals surface area contributed by atoms with Gasteiger partial charge in [-0.3, -0.25) is 4.79 Å². The van der Waals surface area contributed by atoms with Crippen LogP contribution in [0.15, 0.2) is 41.4 Å². The lowest BCUT2D eigenvalue weighted by molar-refractivity contribution is -0.124. The Balaban J connectivity index is 1.87. The summed E-state index contributed by atoms with van der Waals surface area (Å²) in [6.45, 7) is 8.41. The van der Waals surface area contributed by atoms with E-state index in [0.29, 0.717) is 32.0 Å². The molecule has 0 aliphatic heterocycles. The van der Waals surface area contributed by atoms with Gasteiger partial charge in [-0.1, -0.05) is 52.0 Å². The molecule has 0 spiro atoms. The predicted molar refractivity (Wildman–Crippen MR) is 123 cm³/mol. The number of esters is 1. The third kappa shape index (κ3) is 6.43. The molecule has 32 heavy (non-hydrogen) atoms. The average Bonchev–Trinajstić information content (AvgIpc) is 3.15. The van der Waals surface area contributed by atoms with Crippen molar-refractivity contribution in [3.8, 4) is 0 Å². The first-order valence-corrected chi connectivity index (χ1v) is 12.2. The van der Waals surface area contributed by atoms with E-state index < -0.39 is 28.5 Å². The number of sulfonamides is 1. The van der Waals surface area contributed by atoms with Crippen molar-refractivity contribution in [1.29, 1.82) is 0 Å². The zero-order valence-corrected chi connectivity index (χ0v) is 20.2. The second-order valence-electron chi connectivity index (χ2n) is 7.83. The fourth-order valence-electron chi connectivity index (χ4n) is 3.26. The highest BCUT2D eigenvalue weighted by Crippen LogP contribution is 2.19. The first-order valence-electron chi connectivity index (χ1n) is 10.8. The summed E-state index contributed by atoms with van der Waals surface area (Å²) in [5, 5.41) is 2.72. The number of carbonyl (C=O) groups is 2. The van der Waals surface area contributed by atoms with Gasteiger partial charge in [-0.05, 0) is 29.5 Å². The van der Waals surface area contributed by atoms with Crippen molar-refractivity contribution in [1.82, 2.24) is 14.2 Å². The van der Waals surface area contributed by atoms with E-state index in [1.807, 2.05) is 12.1 Å². The number of rotatable bonds is 11. The molecule has 0 aliphatic rings. The van der Waals surface area contributed by atoms with Gasteiger partial charge in [0.2, 0.25) is 10.0 Å². The number of amides is 1. The van der Waals surface area contributed by atoms with E-state index in [2.05, 4.69) is 31.3 Å². The van der Waals surface area contributed by atoms with Gasteiger partial charge in [-0.2, -0.15) is 4.31 Å². The molecule has 9 heteroatoms. The van der Waals surface area contributed by atoms with Crippen LogP contribution in [0.3, 0.4) is 0 Å². The van der Waals surface area contributed by atoms with Crippen LogP contribution < -0.4 is 5.32 Å². The maximum absolute atomic E-state index is 12.6. The molecule has 1 aromatic heterocycles. The Morgan fingerprint density at radius 2 is 1.75 bits per heavy atom. The molecule has 0 atom stereocenters. The normalized spacial score (nSPS) is 11.7. The highest BCUT2D eigenvalue weighted by atomic mass is 32.2. The Bertz CT molecular complexity index is 1020. The minimum atomic E-state index is -3.69. The summed E-state index contributed by atoms with van der Waals surface area (Å²) in [7, 11) is -2.13. The van der Waals surface area contributed by atoms with Crippen molar-refractivity contribution in [2.45, 2.75) is 44.9 Å². The lowest BCUT2D eigenvalue weighted by atomic mass is 10.0. The number of nitrogens with one attached hydrogen (secondary N) is 1. The maximum Gasteiger partial charge on any atom is 0.355 e. The smallest absolute Gasteiger partial charge is 0.355 e. The molecule has 1 heterocycles. The quantitative estimate of drug-likeness (QED) is 0.517. The summed E-state index contributed by atoms with van der Waals surface area (Å²) in [5.74, 6) is -0.702. The first-order chi connectivity index (χ1) is 15.1. The van der Waals surface area contributed by atoms with Crippen LogP contribution in [0.2, 0.25) is 0 Å². The number of aryl methyl sites for hydroxylation is 1. The van der Waals surface area contributed by atoms with Crippen molar-refractivity contribution >= 4 is 21.9 Å². The molecule has 0 saturated heterocycles. The van der Waals surface area contributed by atoms with Crippen molar-refractivity contribution in [2.24, 2.45) is 7.05 Å². The van der Waals surface area contributed by atoms with Gasteiger partial charge in [0.1, 0.15) is 10.6 Å². The highest BCUT2D eigenvalue weighted by Gasteiger charge is 2.26. The molecule has 1 amide bonds. The Kier molecular flexibility index (Phi) is 9.03. The summed E-state index contributed by atoms with van der Waals surface area (Å²) >= 11 is 0. The summed E-state index contributed by atoms with van der Waals surface area (Å²) < 4.78 is 33.0. The van der Waals surface area contributed by atoms with Crippen LogP contribution in [-0.4, -0.2) is 55.4 Å². The second-order valence-corrected chi connectivity index (χ2v) is 9.77. The molecule has 176 valence electrons. The number of nitrogens with zero attached hydrogens (tertiary/aromatic N) is 2. The van der Waals surface area contributed by atoms with Crippen molar-refractivity contribution < 1.29 is 22.7 Å². The molecular weight excluding hydrogens is 430 g/mol. The van der Waals surface area contributed by atoms with E-state index in [1.165, 1.54) is 26.7 Å². The SMILES string of the molecule is CCN(CC)S(=O)(=O)c1cc(C(=O)OCC(=O)NCCc2ccc(C(C)C)cc2)n(C)c1. The summed E-state index contributed by atoms with van der Waals surface area (Å²) in [6, 6.07) is 9.52. The van der Waals surface area contributed by atoms with Crippen LogP contribution in [0, 0.1) is 0 Å². The zero-order chi connectivity index (χ0) is 23.9. The van der Waals surface area contributed by atoms with Gasteiger partial charge >= 0.3 is 5.97 Å². The van der Waals surface area contributed by atoms with Gasteiger partial charge in [0.15, 0.2) is 6.61 Å². The molecule has 0 unspecified atom stereocenters. The molecule has 1 aromatic carbocycles.